The van der Waals surface area contributed by atoms with Crippen molar-refractivity contribution in [2.45, 2.75) is 6.42 Å². The second kappa shape index (κ2) is 2.87. The van der Waals surface area contributed by atoms with Crippen molar-refractivity contribution in [1.29, 1.82) is 0 Å². The number of ketones is 1. The summed E-state index contributed by atoms with van der Waals surface area (Å²) in [5.74, 6) is -2.63. The third kappa shape index (κ3) is 1.09. The minimum Gasteiger partial charge on any atom is -0.411 e. The van der Waals surface area contributed by atoms with Crippen LogP contribution in [0.2, 0.25) is 0 Å². The van der Waals surface area contributed by atoms with E-state index >= 15 is 0 Å². The van der Waals surface area contributed by atoms with Crippen molar-refractivity contribution in [1.82, 2.24) is 0 Å². The van der Waals surface area contributed by atoms with Gasteiger partial charge in [-0.1, -0.05) is 5.16 Å². The van der Waals surface area contributed by atoms with Crippen molar-refractivity contribution >= 4 is 11.5 Å². The Labute approximate surface area is 77.7 Å². The molecular formula is C9H5F2NO2. The largest absolute Gasteiger partial charge is 0.411 e. The molecule has 1 aliphatic rings. The highest BCUT2D eigenvalue weighted by Crippen LogP contribution is 2.23. The standard InChI is InChI=1S/C9H5F2NO2/c10-6-1-4-2-8(12-14)9(13)5(4)3-7(6)11/h1,3,14H,2H2/b12-8-. The van der Waals surface area contributed by atoms with E-state index in [4.69, 9.17) is 5.21 Å². The van der Waals surface area contributed by atoms with Crippen molar-refractivity contribution in [3.05, 3.63) is 34.9 Å². The third-order valence-corrected chi connectivity index (χ3v) is 2.13. The van der Waals surface area contributed by atoms with Crippen molar-refractivity contribution in [3.63, 3.8) is 0 Å². The molecule has 1 N–H and O–H groups in total. The van der Waals surface area contributed by atoms with Crippen LogP contribution in [0, 0.1) is 11.6 Å². The average Bonchev–Trinajstić information content (AvgIpc) is 2.45. The van der Waals surface area contributed by atoms with Crippen LogP contribution in [-0.2, 0) is 6.42 Å². The Morgan fingerprint density at radius 2 is 1.93 bits per heavy atom. The van der Waals surface area contributed by atoms with Gasteiger partial charge in [0.05, 0.1) is 0 Å². The molecule has 1 aliphatic carbocycles. The highest BCUT2D eigenvalue weighted by atomic mass is 19.2. The molecule has 72 valence electrons. The molecular weight excluding hydrogens is 192 g/mol. The van der Waals surface area contributed by atoms with Crippen LogP contribution in [0.1, 0.15) is 15.9 Å². The molecule has 14 heavy (non-hydrogen) atoms. The van der Waals surface area contributed by atoms with Crippen molar-refractivity contribution in [2.75, 3.05) is 0 Å². The van der Waals surface area contributed by atoms with Crippen LogP contribution < -0.4 is 0 Å². The van der Waals surface area contributed by atoms with Crippen LogP contribution >= 0.6 is 0 Å². The molecule has 3 nitrogen and oxygen atoms in total. The number of nitrogens with zero attached hydrogens (tertiary/aromatic N) is 1. The first-order valence-corrected chi connectivity index (χ1v) is 3.87. The number of oxime groups is 1. The Bertz CT molecular complexity index is 454. The molecule has 0 fully saturated rings. The van der Waals surface area contributed by atoms with E-state index in [0.717, 1.165) is 12.1 Å². The molecule has 0 saturated heterocycles. The van der Waals surface area contributed by atoms with E-state index in [9.17, 15) is 13.6 Å². The summed E-state index contributed by atoms with van der Waals surface area (Å²) in [6.45, 7) is 0. The van der Waals surface area contributed by atoms with Crippen LogP contribution in [0.4, 0.5) is 8.78 Å². The van der Waals surface area contributed by atoms with Gasteiger partial charge in [-0.05, 0) is 17.7 Å². The molecule has 0 aromatic heterocycles. The number of rotatable bonds is 0. The van der Waals surface area contributed by atoms with E-state index in [-0.39, 0.29) is 17.7 Å². The summed E-state index contributed by atoms with van der Waals surface area (Å²) in [7, 11) is 0. The lowest BCUT2D eigenvalue weighted by Crippen LogP contribution is -2.07. The second-order valence-electron chi connectivity index (χ2n) is 2.98. The van der Waals surface area contributed by atoms with Gasteiger partial charge in [-0.3, -0.25) is 4.79 Å². The van der Waals surface area contributed by atoms with Gasteiger partial charge in [0.2, 0.25) is 5.78 Å². The number of fused-ring (bicyclic) bond motifs is 1. The lowest BCUT2D eigenvalue weighted by molar-refractivity contribution is 0.106. The van der Waals surface area contributed by atoms with Gasteiger partial charge in [0, 0.05) is 12.0 Å². The summed E-state index contributed by atoms with van der Waals surface area (Å²) >= 11 is 0. The van der Waals surface area contributed by atoms with Gasteiger partial charge in [-0.2, -0.15) is 0 Å². The number of Topliss-reactive ketones (excluding diaryl/α,β-unsaturated/α-hetero) is 1. The fourth-order valence-electron chi connectivity index (χ4n) is 1.44. The maximum Gasteiger partial charge on any atom is 0.211 e. The van der Waals surface area contributed by atoms with E-state index in [0.29, 0.717) is 5.56 Å². The zero-order chi connectivity index (χ0) is 10.3. The quantitative estimate of drug-likeness (QED) is 0.506. The smallest absolute Gasteiger partial charge is 0.211 e. The lowest BCUT2D eigenvalue weighted by atomic mass is 10.1. The van der Waals surface area contributed by atoms with Gasteiger partial charge < -0.3 is 5.21 Å². The molecule has 0 atom stereocenters. The van der Waals surface area contributed by atoms with Crippen LogP contribution in [0.15, 0.2) is 17.3 Å². The number of benzene rings is 1. The number of hydrogen-bond donors (Lipinski definition) is 1. The molecule has 0 aliphatic heterocycles. The van der Waals surface area contributed by atoms with E-state index < -0.39 is 17.4 Å². The summed E-state index contributed by atoms with van der Waals surface area (Å²) in [4.78, 5) is 11.3. The fourth-order valence-corrected chi connectivity index (χ4v) is 1.44. The van der Waals surface area contributed by atoms with Crippen LogP contribution in [0.5, 0.6) is 0 Å². The number of carbonyl (C=O) groups is 1. The maximum atomic E-state index is 12.7. The predicted molar refractivity (Wildman–Crippen MR) is 43.6 cm³/mol. The predicted octanol–water partition coefficient (Wildman–Crippen LogP) is 1.53. The molecule has 0 bridgehead atoms. The topological polar surface area (TPSA) is 49.7 Å². The molecule has 0 unspecified atom stereocenters. The molecule has 5 heteroatoms. The average molecular weight is 197 g/mol. The Hall–Kier alpha value is -1.78. The van der Waals surface area contributed by atoms with E-state index in [1.54, 1.807) is 0 Å². The monoisotopic (exact) mass is 197 g/mol. The SMILES string of the molecule is O=C1/C(=N\O)Cc2cc(F)c(F)cc21. The van der Waals surface area contributed by atoms with E-state index in [1.165, 1.54) is 0 Å². The Kier molecular flexibility index (Phi) is 1.80. The zero-order valence-corrected chi connectivity index (χ0v) is 6.92. The number of hydrogen-bond acceptors (Lipinski definition) is 3. The van der Waals surface area contributed by atoms with Crippen LogP contribution in [0.25, 0.3) is 0 Å². The van der Waals surface area contributed by atoms with Crippen molar-refractivity contribution in [2.24, 2.45) is 5.16 Å². The highest BCUT2D eigenvalue weighted by molar-refractivity contribution is 6.49. The minimum absolute atomic E-state index is 0.0435. The maximum absolute atomic E-state index is 12.7. The van der Waals surface area contributed by atoms with E-state index in [2.05, 4.69) is 5.16 Å². The first-order chi connectivity index (χ1) is 6.63. The number of halogens is 2. The van der Waals surface area contributed by atoms with Gasteiger partial charge in [-0.15, -0.1) is 0 Å². The normalized spacial score (nSPS) is 17.6. The molecule has 0 saturated carbocycles. The van der Waals surface area contributed by atoms with Crippen LogP contribution in [0.3, 0.4) is 0 Å². The van der Waals surface area contributed by atoms with Gasteiger partial charge in [-0.25, -0.2) is 8.78 Å². The molecule has 0 amide bonds. The highest BCUT2D eigenvalue weighted by Gasteiger charge is 2.28. The third-order valence-electron chi connectivity index (χ3n) is 2.13. The van der Waals surface area contributed by atoms with E-state index in [1.807, 2.05) is 0 Å². The summed E-state index contributed by atoms with van der Waals surface area (Å²) < 4.78 is 25.5. The zero-order valence-electron chi connectivity index (χ0n) is 6.92. The number of carbonyl (C=O) groups excluding carboxylic acids is 1. The molecule has 2 rings (SSSR count). The molecule has 1 aromatic rings. The summed E-state index contributed by atoms with van der Waals surface area (Å²) in [5.41, 5.74) is 0.323. The Morgan fingerprint density at radius 1 is 1.29 bits per heavy atom. The minimum atomic E-state index is -1.07. The van der Waals surface area contributed by atoms with Gasteiger partial charge in [0.25, 0.3) is 0 Å². The van der Waals surface area contributed by atoms with Crippen molar-refractivity contribution < 1.29 is 18.8 Å². The lowest BCUT2D eigenvalue weighted by Gasteiger charge is -1.97. The molecule has 0 radical (unpaired) electrons. The van der Waals surface area contributed by atoms with Crippen molar-refractivity contribution in [3.8, 4) is 0 Å². The summed E-state index contributed by atoms with van der Waals surface area (Å²) in [6.07, 6.45) is 0.0435. The van der Waals surface area contributed by atoms with Gasteiger partial charge in [0.1, 0.15) is 5.71 Å². The molecule has 0 spiro atoms. The fraction of sp³-hybridized carbons (Fsp3) is 0.111. The summed E-state index contributed by atoms with van der Waals surface area (Å²) in [6, 6.07) is 1.77. The Morgan fingerprint density at radius 3 is 2.57 bits per heavy atom. The first-order valence-electron chi connectivity index (χ1n) is 3.87. The second-order valence-corrected chi connectivity index (χ2v) is 2.98. The van der Waals surface area contributed by atoms with Gasteiger partial charge >= 0.3 is 0 Å². The Balaban J connectivity index is 2.61. The first kappa shape index (κ1) is 8.80. The van der Waals surface area contributed by atoms with Crippen LogP contribution in [-0.4, -0.2) is 16.7 Å². The molecule has 1 aromatic carbocycles. The van der Waals surface area contributed by atoms with Gasteiger partial charge in [0.15, 0.2) is 11.6 Å². The summed E-state index contributed by atoms with van der Waals surface area (Å²) in [5, 5.41) is 11.2. The molecule has 0 heterocycles.